The minimum atomic E-state index is -0.922. The van der Waals surface area contributed by atoms with E-state index in [1.165, 1.54) is 6.07 Å². The smallest absolute Gasteiger partial charge is 0.161 e. The Hall–Kier alpha value is -2.90. The molecule has 1 unspecified atom stereocenters. The molecule has 6 nitrogen and oxygen atoms in total. The lowest BCUT2D eigenvalue weighted by Gasteiger charge is -2.13. The van der Waals surface area contributed by atoms with Gasteiger partial charge in [0.05, 0.1) is 25.0 Å². The van der Waals surface area contributed by atoms with Crippen molar-refractivity contribution in [3.8, 4) is 22.8 Å². The van der Waals surface area contributed by atoms with E-state index in [1.807, 2.05) is 31.4 Å². The standard InChI is InChI=1S/C22H24FN3O3/c1-26-14-16(12-24-13-19(27)17-5-2-3-6-18(17)23)22(25-26)15-7-8-20-21(11-15)29-10-4-9-28-20/h2-3,5-8,11,14,19,24,27H,4,9-10,12-13H2,1H3. The van der Waals surface area contributed by atoms with Gasteiger partial charge >= 0.3 is 0 Å². The van der Waals surface area contributed by atoms with Gasteiger partial charge in [-0.15, -0.1) is 0 Å². The molecule has 3 aromatic rings. The lowest BCUT2D eigenvalue weighted by Crippen LogP contribution is -2.21. The third-order valence-corrected chi connectivity index (χ3v) is 4.84. The quantitative estimate of drug-likeness (QED) is 0.669. The van der Waals surface area contributed by atoms with Gasteiger partial charge in [0, 0.05) is 49.4 Å². The molecule has 0 saturated heterocycles. The van der Waals surface area contributed by atoms with Crippen LogP contribution >= 0.6 is 0 Å². The predicted molar refractivity (Wildman–Crippen MR) is 107 cm³/mol. The molecule has 0 spiro atoms. The average Bonchev–Trinajstić information content (AvgIpc) is 2.93. The highest BCUT2D eigenvalue weighted by molar-refractivity contribution is 5.66. The number of fused-ring (bicyclic) bond motifs is 1. The van der Waals surface area contributed by atoms with Crippen molar-refractivity contribution in [3.05, 3.63) is 65.6 Å². The first-order valence-corrected chi connectivity index (χ1v) is 9.67. The van der Waals surface area contributed by atoms with Crippen molar-refractivity contribution in [1.29, 1.82) is 0 Å². The fraction of sp³-hybridized carbons (Fsp3) is 0.318. The SMILES string of the molecule is Cn1cc(CNCC(O)c2ccccc2F)c(-c2ccc3c(c2)OCCCO3)n1. The maximum absolute atomic E-state index is 13.8. The lowest BCUT2D eigenvalue weighted by atomic mass is 10.1. The van der Waals surface area contributed by atoms with Crippen LogP contribution in [0.15, 0.2) is 48.7 Å². The third kappa shape index (κ3) is 4.41. The van der Waals surface area contributed by atoms with E-state index in [0.29, 0.717) is 19.8 Å². The number of aryl methyl sites for hydroxylation is 1. The molecule has 0 radical (unpaired) electrons. The molecule has 2 N–H and O–H groups in total. The molecule has 2 heterocycles. The summed E-state index contributed by atoms with van der Waals surface area (Å²) in [7, 11) is 1.87. The lowest BCUT2D eigenvalue weighted by molar-refractivity contribution is 0.169. The van der Waals surface area contributed by atoms with Crippen molar-refractivity contribution in [3.63, 3.8) is 0 Å². The van der Waals surface area contributed by atoms with Crippen LogP contribution in [0.5, 0.6) is 11.5 Å². The zero-order valence-corrected chi connectivity index (χ0v) is 16.3. The molecule has 0 saturated carbocycles. The van der Waals surface area contributed by atoms with Crippen LogP contribution in [0, 0.1) is 5.82 Å². The summed E-state index contributed by atoms with van der Waals surface area (Å²) in [6.07, 6.45) is 1.86. The minimum absolute atomic E-state index is 0.233. The number of hydrogen-bond acceptors (Lipinski definition) is 5. The summed E-state index contributed by atoms with van der Waals surface area (Å²) >= 11 is 0. The Labute approximate surface area is 168 Å². The molecule has 1 aliphatic heterocycles. The van der Waals surface area contributed by atoms with Crippen molar-refractivity contribution < 1.29 is 19.0 Å². The molecule has 4 rings (SSSR count). The van der Waals surface area contributed by atoms with E-state index in [2.05, 4.69) is 10.4 Å². The van der Waals surface area contributed by atoms with Gasteiger partial charge in [0.15, 0.2) is 11.5 Å². The number of rotatable bonds is 6. The van der Waals surface area contributed by atoms with Crippen LogP contribution in [-0.2, 0) is 13.6 Å². The second kappa shape index (κ2) is 8.63. The van der Waals surface area contributed by atoms with Crippen LogP contribution < -0.4 is 14.8 Å². The van der Waals surface area contributed by atoms with Gasteiger partial charge in [-0.3, -0.25) is 4.68 Å². The Kier molecular flexibility index (Phi) is 5.78. The largest absolute Gasteiger partial charge is 0.490 e. The van der Waals surface area contributed by atoms with Gasteiger partial charge in [-0.1, -0.05) is 18.2 Å². The van der Waals surface area contributed by atoms with E-state index in [4.69, 9.17) is 9.47 Å². The number of aliphatic hydroxyl groups excluding tert-OH is 1. The molecule has 29 heavy (non-hydrogen) atoms. The molecule has 0 bridgehead atoms. The highest BCUT2D eigenvalue weighted by atomic mass is 19.1. The number of benzene rings is 2. The van der Waals surface area contributed by atoms with E-state index < -0.39 is 11.9 Å². The Balaban J connectivity index is 1.48. The van der Waals surface area contributed by atoms with Gasteiger partial charge in [0.2, 0.25) is 0 Å². The third-order valence-electron chi connectivity index (χ3n) is 4.84. The number of nitrogens with zero attached hydrogens (tertiary/aromatic N) is 2. The summed E-state index contributed by atoms with van der Waals surface area (Å²) in [5.41, 5.74) is 3.02. The number of ether oxygens (including phenoxy) is 2. The van der Waals surface area contributed by atoms with Crippen molar-refractivity contribution in [2.45, 2.75) is 19.1 Å². The van der Waals surface area contributed by atoms with Gasteiger partial charge in [0.1, 0.15) is 5.82 Å². The van der Waals surface area contributed by atoms with Crippen molar-refractivity contribution >= 4 is 0 Å². The number of aromatic nitrogens is 2. The molecule has 0 aliphatic carbocycles. The highest BCUT2D eigenvalue weighted by Gasteiger charge is 2.16. The summed E-state index contributed by atoms with van der Waals surface area (Å²) in [6, 6.07) is 12.1. The first kappa shape index (κ1) is 19.4. The van der Waals surface area contributed by atoms with Crippen LogP contribution in [0.25, 0.3) is 11.3 Å². The van der Waals surface area contributed by atoms with Crippen LogP contribution in [0.3, 0.4) is 0 Å². The molecule has 7 heteroatoms. The number of aliphatic hydroxyl groups is 1. The van der Waals surface area contributed by atoms with Gasteiger partial charge in [-0.25, -0.2) is 4.39 Å². The van der Waals surface area contributed by atoms with E-state index in [9.17, 15) is 9.50 Å². The maximum atomic E-state index is 13.8. The molecule has 0 amide bonds. The summed E-state index contributed by atoms with van der Waals surface area (Å²) in [6.45, 7) is 2.00. The summed E-state index contributed by atoms with van der Waals surface area (Å²) < 4.78 is 27.1. The van der Waals surface area contributed by atoms with Gasteiger partial charge in [-0.05, 0) is 24.3 Å². The number of halogens is 1. The number of hydrogen-bond donors (Lipinski definition) is 2. The molecule has 1 aromatic heterocycles. The normalized spacial score (nSPS) is 14.4. The predicted octanol–water partition coefficient (Wildman–Crippen LogP) is 3.21. The van der Waals surface area contributed by atoms with Crippen LogP contribution in [0.4, 0.5) is 4.39 Å². The fourth-order valence-corrected chi connectivity index (χ4v) is 3.42. The van der Waals surface area contributed by atoms with Crippen LogP contribution in [0.1, 0.15) is 23.7 Å². The Morgan fingerprint density at radius 1 is 1.17 bits per heavy atom. The van der Waals surface area contributed by atoms with Crippen molar-refractivity contribution in [2.75, 3.05) is 19.8 Å². The summed E-state index contributed by atoms with van der Waals surface area (Å²) in [4.78, 5) is 0. The summed E-state index contributed by atoms with van der Waals surface area (Å²) in [5, 5.41) is 18.1. The van der Waals surface area contributed by atoms with Gasteiger partial charge < -0.3 is 19.9 Å². The Morgan fingerprint density at radius 2 is 1.97 bits per heavy atom. The van der Waals surface area contributed by atoms with Crippen molar-refractivity contribution in [2.24, 2.45) is 7.05 Å². The molecule has 0 fully saturated rings. The Bertz CT molecular complexity index is 989. The second-order valence-corrected chi connectivity index (χ2v) is 7.06. The molecular weight excluding hydrogens is 373 g/mol. The minimum Gasteiger partial charge on any atom is -0.490 e. The van der Waals surface area contributed by atoms with E-state index in [0.717, 1.165) is 34.7 Å². The second-order valence-electron chi connectivity index (χ2n) is 7.06. The average molecular weight is 397 g/mol. The van der Waals surface area contributed by atoms with Gasteiger partial charge in [0.25, 0.3) is 0 Å². The molecule has 1 atom stereocenters. The fourth-order valence-electron chi connectivity index (χ4n) is 3.42. The van der Waals surface area contributed by atoms with E-state index >= 15 is 0 Å². The molecule has 2 aromatic carbocycles. The zero-order chi connectivity index (χ0) is 20.2. The monoisotopic (exact) mass is 397 g/mol. The number of nitrogens with one attached hydrogen (secondary N) is 1. The molecule has 152 valence electrons. The van der Waals surface area contributed by atoms with Crippen molar-refractivity contribution in [1.82, 2.24) is 15.1 Å². The molecular formula is C22H24FN3O3. The highest BCUT2D eigenvalue weighted by Crippen LogP contribution is 2.34. The maximum Gasteiger partial charge on any atom is 0.161 e. The van der Waals surface area contributed by atoms with Gasteiger partial charge in [-0.2, -0.15) is 5.10 Å². The van der Waals surface area contributed by atoms with E-state index in [-0.39, 0.29) is 12.1 Å². The molecule has 1 aliphatic rings. The summed E-state index contributed by atoms with van der Waals surface area (Å²) in [5.74, 6) is 1.06. The topological polar surface area (TPSA) is 68.5 Å². The van der Waals surface area contributed by atoms with E-state index in [1.54, 1.807) is 22.9 Å². The Morgan fingerprint density at radius 3 is 2.79 bits per heavy atom. The first-order chi connectivity index (χ1) is 14.1. The zero-order valence-electron chi connectivity index (χ0n) is 16.3. The van der Waals surface area contributed by atoms with Crippen LogP contribution in [-0.4, -0.2) is 34.6 Å². The first-order valence-electron chi connectivity index (χ1n) is 9.67. The van der Waals surface area contributed by atoms with Crippen LogP contribution in [0.2, 0.25) is 0 Å².